The maximum Gasteiger partial charge on any atom is 0.266 e. The number of carbonyl (C=O) groups excluding carboxylic acids is 2. The topological polar surface area (TPSA) is 37.4 Å². The largest absolute Gasteiger partial charge is 0.268 e. The molecular formula is C14H6Br2FNO2. The van der Waals surface area contributed by atoms with Crippen molar-refractivity contribution in [1.29, 1.82) is 0 Å². The van der Waals surface area contributed by atoms with E-state index in [9.17, 15) is 14.0 Å². The maximum absolute atomic E-state index is 13.6. The fraction of sp³-hybridized carbons (Fsp3) is 0. The standard InChI is InChI=1S/C14H6Br2FNO2/c15-7-1-3-9-10(5-7)14(20)18(13(9)19)8-2-4-11(16)12(17)6-8/h1-6H. The average Bonchev–Trinajstić information content (AvgIpc) is 2.65. The molecular weight excluding hydrogens is 393 g/mol. The van der Waals surface area contributed by atoms with Gasteiger partial charge in [-0.25, -0.2) is 9.29 Å². The highest BCUT2D eigenvalue weighted by Gasteiger charge is 2.36. The molecule has 0 bridgehead atoms. The van der Waals surface area contributed by atoms with Crippen LogP contribution in [0.4, 0.5) is 10.1 Å². The number of fused-ring (bicyclic) bond motifs is 1. The minimum absolute atomic E-state index is 0.216. The Morgan fingerprint density at radius 1 is 0.900 bits per heavy atom. The molecule has 0 radical (unpaired) electrons. The first-order valence-corrected chi connectivity index (χ1v) is 7.21. The Morgan fingerprint density at radius 2 is 1.60 bits per heavy atom. The first-order chi connectivity index (χ1) is 9.49. The fourth-order valence-corrected chi connectivity index (χ4v) is 2.68. The molecule has 0 saturated heterocycles. The van der Waals surface area contributed by atoms with E-state index >= 15 is 0 Å². The molecule has 100 valence electrons. The van der Waals surface area contributed by atoms with Gasteiger partial charge in [-0.05, 0) is 52.3 Å². The summed E-state index contributed by atoms with van der Waals surface area (Å²) in [5, 5.41) is 0. The molecule has 0 aromatic heterocycles. The number of benzene rings is 2. The van der Waals surface area contributed by atoms with Gasteiger partial charge < -0.3 is 0 Å². The Morgan fingerprint density at radius 3 is 2.30 bits per heavy atom. The van der Waals surface area contributed by atoms with E-state index in [-0.39, 0.29) is 10.2 Å². The van der Waals surface area contributed by atoms with Crippen molar-refractivity contribution < 1.29 is 14.0 Å². The molecule has 2 aromatic rings. The van der Waals surface area contributed by atoms with Gasteiger partial charge in [0.2, 0.25) is 0 Å². The molecule has 1 aliphatic heterocycles. The molecule has 0 N–H and O–H groups in total. The van der Waals surface area contributed by atoms with Crippen molar-refractivity contribution in [1.82, 2.24) is 0 Å². The van der Waals surface area contributed by atoms with Crippen LogP contribution in [0.2, 0.25) is 0 Å². The SMILES string of the molecule is O=C1c2ccc(Br)cc2C(=O)N1c1ccc(Br)c(F)c1. The third-order valence-corrected chi connectivity index (χ3v) is 4.15. The van der Waals surface area contributed by atoms with Crippen LogP contribution in [0.5, 0.6) is 0 Å². The maximum atomic E-state index is 13.6. The second-order valence-electron chi connectivity index (χ2n) is 4.23. The Balaban J connectivity index is 2.11. The summed E-state index contributed by atoms with van der Waals surface area (Å²) >= 11 is 6.30. The zero-order valence-electron chi connectivity index (χ0n) is 9.86. The Hall–Kier alpha value is -1.53. The Kier molecular flexibility index (Phi) is 3.22. The lowest BCUT2D eigenvalue weighted by molar-refractivity contribution is 0.0926. The van der Waals surface area contributed by atoms with Gasteiger partial charge in [0.05, 0.1) is 21.3 Å². The quantitative estimate of drug-likeness (QED) is 0.676. The molecule has 2 aromatic carbocycles. The molecule has 1 heterocycles. The van der Waals surface area contributed by atoms with Crippen molar-refractivity contribution in [2.24, 2.45) is 0 Å². The summed E-state index contributed by atoms with van der Waals surface area (Å²) in [5.74, 6) is -1.42. The highest BCUT2D eigenvalue weighted by Crippen LogP contribution is 2.31. The van der Waals surface area contributed by atoms with Gasteiger partial charge in [-0.2, -0.15) is 0 Å². The molecule has 1 aliphatic rings. The van der Waals surface area contributed by atoms with Crippen LogP contribution in [0.1, 0.15) is 20.7 Å². The van der Waals surface area contributed by atoms with Crippen molar-refractivity contribution in [3.05, 3.63) is 62.3 Å². The second-order valence-corrected chi connectivity index (χ2v) is 6.00. The number of anilines is 1. The number of hydrogen-bond acceptors (Lipinski definition) is 2. The first kappa shape index (κ1) is 13.5. The van der Waals surface area contributed by atoms with E-state index in [1.165, 1.54) is 12.1 Å². The van der Waals surface area contributed by atoms with Crippen molar-refractivity contribution >= 4 is 49.4 Å². The highest BCUT2D eigenvalue weighted by atomic mass is 79.9. The molecule has 0 fully saturated rings. The van der Waals surface area contributed by atoms with Crippen molar-refractivity contribution in [2.45, 2.75) is 0 Å². The van der Waals surface area contributed by atoms with Crippen LogP contribution in [0.15, 0.2) is 45.3 Å². The predicted octanol–water partition coefficient (Wildman–Crippen LogP) is 4.15. The van der Waals surface area contributed by atoms with Crippen molar-refractivity contribution in [3.8, 4) is 0 Å². The zero-order chi connectivity index (χ0) is 14.4. The van der Waals surface area contributed by atoms with Gasteiger partial charge in [0.1, 0.15) is 5.82 Å². The van der Waals surface area contributed by atoms with E-state index < -0.39 is 17.6 Å². The van der Waals surface area contributed by atoms with E-state index in [2.05, 4.69) is 31.9 Å². The molecule has 0 saturated carbocycles. The van der Waals surface area contributed by atoms with Gasteiger partial charge in [0.25, 0.3) is 11.8 Å². The van der Waals surface area contributed by atoms with E-state index in [0.29, 0.717) is 15.6 Å². The number of carbonyl (C=O) groups is 2. The van der Waals surface area contributed by atoms with Crippen LogP contribution in [-0.2, 0) is 0 Å². The van der Waals surface area contributed by atoms with Crippen LogP contribution >= 0.6 is 31.9 Å². The van der Waals surface area contributed by atoms with Gasteiger partial charge in [-0.15, -0.1) is 0 Å². The minimum atomic E-state index is -0.528. The van der Waals surface area contributed by atoms with Gasteiger partial charge >= 0.3 is 0 Å². The summed E-state index contributed by atoms with van der Waals surface area (Å²) in [6.07, 6.45) is 0. The molecule has 0 unspecified atom stereocenters. The van der Waals surface area contributed by atoms with Crippen LogP contribution < -0.4 is 4.90 Å². The van der Waals surface area contributed by atoms with E-state index in [0.717, 1.165) is 11.0 Å². The Labute approximate surface area is 130 Å². The van der Waals surface area contributed by atoms with Gasteiger partial charge in [0, 0.05) is 4.47 Å². The molecule has 0 atom stereocenters. The van der Waals surface area contributed by atoms with Gasteiger partial charge in [-0.1, -0.05) is 15.9 Å². The van der Waals surface area contributed by atoms with Crippen LogP contribution in [0.25, 0.3) is 0 Å². The first-order valence-electron chi connectivity index (χ1n) is 5.62. The normalized spacial score (nSPS) is 13.8. The fourth-order valence-electron chi connectivity index (χ4n) is 2.07. The lowest BCUT2D eigenvalue weighted by Gasteiger charge is -2.14. The third kappa shape index (κ3) is 1.99. The molecule has 2 amide bonds. The number of halogens is 3. The van der Waals surface area contributed by atoms with Gasteiger partial charge in [0.15, 0.2) is 0 Å². The molecule has 0 spiro atoms. The predicted molar refractivity (Wildman–Crippen MR) is 79.4 cm³/mol. The van der Waals surface area contributed by atoms with Crippen LogP contribution in [0.3, 0.4) is 0 Å². The molecule has 3 nitrogen and oxygen atoms in total. The number of rotatable bonds is 1. The van der Waals surface area contributed by atoms with Gasteiger partial charge in [-0.3, -0.25) is 9.59 Å². The summed E-state index contributed by atoms with van der Waals surface area (Å²) < 4.78 is 14.6. The zero-order valence-corrected chi connectivity index (χ0v) is 13.0. The second kappa shape index (κ2) is 4.79. The third-order valence-electron chi connectivity index (χ3n) is 3.01. The van der Waals surface area contributed by atoms with Crippen molar-refractivity contribution in [2.75, 3.05) is 4.90 Å². The molecule has 20 heavy (non-hydrogen) atoms. The molecule has 0 aliphatic carbocycles. The van der Waals surface area contributed by atoms with E-state index in [1.807, 2.05) is 0 Å². The summed E-state index contributed by atoms with van der Waals surface area (Å²) in [7, 11) is 0. The Bertz CT molecular complexity index is 761. The average molecular weight is 399 g/mol. The number of imide groups is 1. The highest BCUT2D eigenvalue weighted by molar-refractivity contribution is 9.10. The van der Waals surface area contributed by atoms with Crippen LogP contribution in [0, 0.1) is 5.82 Å². The monoisotopic (exact) mass is 397 g/mol. The van der Waals surface area contributed by atoms with Crippen LogP contribution in [-0.4, -0.2) is 11.8 Å². The lowest BCUT2D eigenvalue weighted by Crippen LogP contribution is -2.29. The minimum Gasteiger partial charge on any atom is -0.268 e. The van der Waals surface area contributed by atoms with E-state index in [4.69, 9.17) is 0 Å². The number of amides is 2. The van der Waals surface area contributed by atoms with E-state index in [1.54, 1.807) is 18.2 Å². The molecule has 6 heteroatoms. The number of nitrogens with zero attached hydrogens (tertiary/aromatic N) is 1. The summed E-state index contributed by atoms with van der Waals surface area (Å²) in [5.41, 5.74) is 0.849. The lowest BCUT2D eigenvalue weighted by atomic mass is 10.1. The smallest absolute Gasteiger partial charge is 0.266 e. The summed E-state index contributed by atoms with van der Waals surface area (Å²) in [6, 6.07) is 8.99. The molecule has 3 rings (SSSR count). The summed E-state index contributed by atoms with van der Waals surface area (Å²) in [6.45, 7) is 0. The summed E-state index contributed by atoms with van der Waals surface area (Å²) in [4.78, 5) is 25.6. The number of hydrogen-bond donors (Lipinski definition) is 0. The van der Waals surface area contributed by atoms with Crippen molar-refractivity contribution in [3.63, 3.8) is 0 Å².